The van der Waals surface area contributed by atoms with Gasteiger partial charge in [0.05, 0.1) is 16.5 Å². The van der Waals surface area contributed by atoms with E-state index in [4.69, 9.17) is 17.3 Å². The van der Waals surface area contributed by atoms with Crippen LogP contribution in [-0.2, 0) is 15.8 Å². The molecule has 2 aromatic rings. The summed E-state index contributed by atoms with van der Waals surface area (Å²) in [6, 6.07) is 9.92. The van der Waals surface area contributed by atoms with Gasteiger partial charge >= 0.3 is 0 Å². The Hall–Kier alpha value is -1.79. The summed E-state index contributed by atoms with van der Waals surface area (Å²) in [6.07, 6.45) is 0. The van der Waals surface area contributed by atoms with Gasteiger partial charge in [-0.1, -0.05) is 23.7 Å². The molecule has 0 radical (unpaired) electrons. The molecule has 2 aromatic carbocycles. The van der Waals surface area contributed by atoms with Gasteiger partial charge in [-0.2, -0.15) is 0 Å². The van der Waals surface area contributed by atoms with Crippen LogP contribution in [0.25, 0.3) is 0 Å². The lowest BCUT2D eigenvalue weighted by Gasteiger charge is -2.10. The maximum Gasteiger partial charge on any atom is 0.236 e. The van der Waals surface area contributed by atoms with Crippen molar-refractivity contribution in [2.75, 3.05) is 10.5 Å². The Morgan fingerprint density at radius 1 is 1.15 bits per heavy atom. The maximum absolute atomic E-state index is 13.1. The highest BCUT2D eigenvalue weighted by Crippen LogP contribution is 2.24. The minimum atomic E-state index is -3.68. The van der Waals surface area contributed by atoms with Crippen molar-refractivity contribution in [2.45, 2.75) is 5.75 Å². The lowest BCUT2D eigenvalue weighted by Crippen LogP contribution is -2.15. The van der Waals surface area contributed by atoms with Gasteiger partial charge in [0.15, 0.2) is 0 Å². The monoisotopic (exact) mass is 314 g/mol. The Morgan fingerprint density at radius 3 is 2.45 bits per heavy atom. The van der Waals surface area contributed by atoms with E-state index in [9.17, 15) is 12.8 Å². The molecular formula is C13H12ClFN2O2S. The van der Waals surface area contributed by atoms with Crippen LogP contribution in [0.3, 0.4) is 0 Å². The Labute approximate surface area is 121 Å². The SMILES string of the molecule is Nc1ccc(CS(=O)(=O)Nc2cc(F)ccc2Cl)cc1. The van der Waals surface area contributed by atoms with E-state index in [0.29, 0.717) is 11.3 Å². The lowest BCUT2D eigenvalue weighted by molar-refractivity contribution is 0.600. The third kappa shape index (κ3) is 3.85. The van der Waals surface area contributed by atoms with Gasteiger partial charge in [0, 0.05) is 5.69 Å². The molecule has 0 aliphatic rings. The van der Waals surface area contributed by atoms with Gasteiger partial charge in [0.25, 0.3) is 0 Å². The van der Waals surface area contributed by atoms with Crippen LogP contribution in [0.1, 0.15) is 5.56 Å². The number of rotatable bonds is 4. The highest BCUT2D eigenvalue weighted by molar-refractivity contribution is 7.91. The Bertz CT molecular complexity index is 718. The number of benzene rings is 2. The number of nitrogens with two attached hydrogens (primary N) is 1. The Morgan fingerprint density at radius 2 is 1.80 bits per heavy atom. The number of sulfonamides is 1. The fraction of sp³-hybridized carbons (Fsp3) is 0.0769. The van der Waals surface area contributed by atoms with Crippen LogP contribution >= 0.6 is 11.6 Å². The van der Waals surface area contributed by atoms with Crippen LogP contribution in [-0.4, -0.2) is 8.42 Å². The molecule has 106 valence electrons. The highest BCUT2D eigenvalue weighted by atomic mass is 35.5. The van der Waals surface area contributed by atoms with Crippen molar-refractivity contribution in [3.8, 4) is 0 Å². The van der Waals surface area contributed by atoms with Crippen LogP contribution in [0.2, 0.25) is 5.02 Å². The molecule has 3 N–H and O–H groups in total. The molecular weight excluding hydrogens is 303 g/mol. The fourth-order valence-corrected chi connectivity index (χ4v) is 3.04. The van der Waals surface area contributed by atoms with Crippen LogP contribution in [0, 0.1) is 5.82 Å². The van der Waals surface area contributed by atoms with Gasteiger partial charge in [0.2, 0.25) is 10.0 Å². The van der Waals surface area contributed by atoms with E-state index < -0.39 is 15.8 Å². The van der Waals surface area contributed by atoms with Crippen molar-refractivity contribution < 1.29 is 12.8 Å². The minimum Gasteiger partial charge on any atom is -0.399 e. The molecule has 0 saturated heterocycles. The predicted molar refractivity (Wildman–Crippen MR) is 78.5 cm³/mol. The molecule has 7 heteroatoms. The Balaban J connectivity index is 2.19. The molecule has 0 aliphatic heterocycles. The summed E-state index contributed by atoms with van der Waals surface area (Å²) in [6.45, 7) is 0. The van der Waals surface area contributed by atoms with Gasteiger partial charge in [-0.05, 0) is 35.9 Å². The van der Waals surface area contributed by atoms with Crippen molar-refractivity contribution in [3.05, 3.63) is 58.9 Å². The molecule has 0 bridgehead atoms. The molecule has 0 atom stereocenters. The molecule has 20 heavy (non-hydrogen) atoms. The first-order chi connectivity index (χ1) is 9.35. The van der Waals surface area contributed by atoms with Crippen LogP contribution in [0.4, 0.5) is 15.8 Å². The molecule has 0 aromatic heterocycles. The van der Waals surface area contributed by atoms with Crippen molar-refractivity contribution >= 4 is 33.0 Å². The maximum atomic E-state index is 13.1. The van der Waals surface area contributed by atoms with Crippen LogP contribution < -0.4 is 10.5 Å². The smallest absolute Gasteiger partial charge is 0.236 e. The quantitative estimate of drug-likeness (QED) is 0.852. The number of nitrogen functional groups attached to an aromatic ring is 1. The average Bonchev–Trinajstić information content (AvgIpc) is 2.36. The van der Waals surface area contributed by atoms with Crippen molar-refractivity contribution in [2.24, 2.45) is 0 Å². The molecule has 0 unspecified atom stereocenters. The molecule has 0 heterocycles. The van der Waals surface area contributed by atoms with E-state index >= 15 is 0 Å². The van der Waals surface area contributed by atoms with Gasteiger partial charge < -0.3 is 5.73 Å². The van der Waals surface area contributed by atoms with Gasteiger partial charge in [0.1, 0.15) is 5.82 Å². The second kappa shape index (κ2) is 5.68. The second-order valence-corrected chi connectivity index (χ2v) is 6.36. The highest BCUT2D eigenvalue weighted by Gasteiger charge is 2.14. The van der Waals surface area contributed by atoms with Gasteiger partial charge in [-0.25, -0.2) is 12.8 Å². The summed E-state index contributed by atoms with van der Waals surface area (Å²) in [7, 11) is -3.68. The normalized spacial score (nSPS) is 11.3. The summed E-state index contributed by atoms with van der Waals surface area (Å²) in [5.74, 6) is -0.820. The van der Waals surface area contributed by atoms with E-state index in [1.165, 1.54) is 6.07 Å². The van der Waals surface area contributed by atoms with E-state index in [1.807, 2.05) is 0 Å². The largest absolute Gasteiger partial charge is 0.399 e. The fourth-order valence-electron chi connectivity index (χ4n) is 1.61. The lowest BCUT2D eigenvalue weighted by atomic mass is 10.2. The Kier molecular flexibility index (Phi) is 4.15. The number of anilines is 2. The summed E-state index contributed by atoms with van der Waals surface area (Å²) in [5.41, 5.74) is 6.66. The molecule has 0 aliphatic carbocycles. The minimum absolute atomic E-state index is 0.0158. The summed E-state index contributed by atoms with van der Waals surface area (Å²) < 4.78 is 39.3. The third-order valence-electron chi connectivity index (χ3n) is 2.53. The topological polar surface area (TPSA) is 72.2 Å². The molecule has 2 rings (SSSR count). The average molecular weight is 315 g/mol. The molecule has 0 fully saturated rings. The predicted octanol–water partition coefficient (Wildman–Crippen LogP) is 3.00. The molecule has 0 saturated carbocycles. The first-order valence-electron chi connectivity index (χ1n) is 5.66. The summed E-state index contributed by atoms with van der Waals surface area (Å²) in [5, 5.41) is 0.132. The number of hydrogen-bond donors (Lipinski definition) is 2. The number of halogens is 2. The number of nitrogens with one attached hydrogen (secondary N) is 1. The van der Waals surface area contributed by atoms with Crippen LogP contribution in [0.15, 0.2) is 42.5 Å². The van der Waals surface area contributed by atoms with Crippen molar-refractivity contribution in [1.82, 2.24) is 0 Å². The summed E-state index contributed by atoms with van der Waals surface area (Å²) in [4.78, 5) is 0. The zero-order valence-corrected chi connectivity index (χ0v) is 11.9. The van der Waals surface area contributed by atoms with Crippen molar-refractivity contribution in [3.63, 3.8) is 0 Å². The van der Waals surface area contributed by atoms with Gasteiger partial charge in [-0.3, -0.25) is 4.72 Å². The first-order valence-corrected chi connectivity index (χ1v) is 7.69. The third-order valence-corrected chi connectivity index (χ3v) is 4.10. The first kappa shape index (κ1) is 14.6. The zero-order chi connectivity index (χ0) is 14.8. The molecule has 0 amide bonds. The number of hydrogen-bond acceptors (Lipinski definition) is 3. The van der Waals surface area contributed by atoms with E-state index in [2.05, 4.69) is 4.72 Å². The molecule has 4 nitrogen and oxygen atoms in total. The summed E-state index contributed by atoms with van der Waals surface area (Å²) >= 11 is 5.82. The molecule has 0 spiro atoms. The van der Waals surface area contributed by atoms with Crippen LogP contribution in [0.5, 0.6) is 0 Å². The standard InChI is InChI=1S/C13H12ClFN2O2S/c14-12-6-3-10(15)7-13(12)17-20(18,19)8-9-1-4-11(16)5-2-9/h1-7,17H,8,16H2. The zero-order valence-electron chi connectivity index (χ0n) is 10.3. The van der Waals surface area contributed by atoms with E-state index in [1.54, 1.807) is 24.3 Å². The second-order valence-electron chi connectivity index (χ2n) is 4.23. The van der Waals surface area contributed by atoms with Gasteiger partial charge in [-0.15, -0.1) is 0 Å². The van der Waals surface area contributed by atoms with Crippen molar-refractivity contribution in [1.29, 1.82) is 0 Å². The van der Waals surface area contributed by atoms with E-state index in [0.717, 1.165) is 12.1 Å². The van der Waals surface area contributed by atoms with E-state index in [-0.39, 0.29) is 16.5 Å².